The Bertz CT molecular complexity index is 1120. The molecule has 4 rings (SSSR count). The Balaban J connectivity index is 1.87. The van der Waals surface area contributed by atoms with Gasteiger partial charge in [0.1, 0.15) is 0 Å². The van der Waals surface area contributed by atoms with Gasteiger partial charge in [0.25, 0.3) is 5.56 Å². The van der Waals surface area contributed by atoms with Crippen molar-refractivity contribution >= 4 is 6.21 Å². The van der Waals surface area contributed by atoms with Crippen LogP contribution in [-0.2, 0) is 0 Å². The summed E-state index contributed by atoms with van der Waals surface area (Å²) in [7, 11) is 0. The molecule has 1 heterocycles. The average Bonchev–Trinajstić information content (AvgIpc) is 2.74. The van der Waals surface area contributed by atoms with Crippen molar-refractivity contribution < 1.29 is 0 Å². The van der Waals surface area contributed by atoms with E-state index >= 15 is 0 Å². The zero-order valence-electron chi connectivity index (χ0n) is 14.7. The van der Waals surface area contributed by atoms with Gasteiger partial charge in [-0.25, -0.2) is 0 Å². The molecule has 0 aliphatic heterocycles. The smallest absolute Gasteiger partial charge is 0.267 e. The van der Waals surface area contributed by atoms with E-state index in [0.717, 1.165) is 27.9 Å². The first-order valence-electron chi connectivity index (χ1n) is 8.78. The van der Waals surface area contributed by atoms with Gasteiger partial charge >= 0.3 is 0 Å². The Labute approximate surface area is 157 Å². The number of hydrogen-bond acceptors (Lipinski definition) is 2. The summed E-state index contributed by atoms with van der Waals surface area (Å²) >= 11 is 0. The number of nitrogens with zero attached hydrogens (tertiary/aromatic N) is 2. The summed E-state index contributed by atoms with van der Waals surface area (Å²) in [5.41, 5.74) is 4.36. The number of rotatable bonds is 4. The van der Waals surface area contributed by atoms with Crippen LogP contribution in [0.2, 0.25) is 0 Å². The predicted molar refractivity (Wildman–Crippen MR) is 111 cm³/mol. The third-order valence-electron chi connectivity index (χ3n) is 4.31. The van der Waals surface area contributed by atoms with Gasteiger partial charge in [-0.15, -0.1) is 0 Å². The fraction of sp³-hybridized carbons (Fsp3) is 0. The molecule has 0 bridgehead atoms. The Hall–Kier alpha value is -3.72. The minimum atomic E-state index is -0.164. The van der Waals surface area contributed by atoms with Gasteiger partial charge < -0.3 is 0 Å². The first-order valence-corrected chi connectivity index (χ1v) is 8.78. The van der Waals surface area contributed by atoms with Crippen LogP contribution in [0.15, 0.2) is 113 Å². The lowest BCUT2D eigenvalue weighted by Crippen LogP contribution is -2.17. The molecule has 27 heavy (non-hydrogen) atoms. The van der Waals surface area contributed by atoms with E-state index in [1.165, 1.54) is 4.68 Å². The molecule has 0 fully saturated rings. The van der Waals surface area contributed by atoms with Gasteiger partial charge in [-0.1, -0.05) is 91.0 Å². The summed E-state index contributed by atoms with van der Waals surface area (Å²) in [6.45, 7) is 0. The largest absolute Gasteiger partial charge is 0.272 e. The monoisotopic (exact) mass is 350 g/mol. The normalized spacial score (nSPS) is 11.0. The van der Waals surface area contributed by atoms with Gasteiger partial charge in [-0.05, 0) is 22.8 Å². The van der Waals surface area contributed by atoms with Crippen LogP contribution in [-0.4, -0.2) is 10.9 Å². The topological polar surface area (TPSA) is 34.4 Å². The minimum Gasteiger partial charge on any atom is -0.267 e. The van der Waals surface area contributed by atoms with Gasteiger partial charge in [-0.3, -0.25) is 4.79 Å². The first kappa shape index (κ1) is 16.7. The standard InChI is InChI=1S/C24H18N2O/c27-24-17-22(20-12-6-2-7-13-20)16-23(21-14-8-3-9-15-21)26(24)25-18-19-10-4-1-5-11-19/h1-18H/b25-18+. The van der Waals surface area contributed by atoms with E-state index in [2.05, 4.69) is 5.10 Å². The molecule has 4 aromatic rings. The molecule has 1 aromatic heterocycles. The van der Waals surface area contributed by atoms with E-state index in [9.17, 15) is 4.79 Å². The maximum Gasteiger partial charge on any atom is 0.272 e. The molecule has 0 atom stereocenters. The zero-order chi connectivity index (χ0) is 18.5. The lowest BCUT2D eigenvalue weighted by Gasteiger charge is -2.11. The van der Waals surface area contributed by atoms with Crippen molar-refractivity contribution in [1.82, 2.24) is 4.68 Å². The van der Waals surface area contributed by atoms with Crippen molar-refractivity contribution in [3.63, 3.8) is 0 Å². The fourth-order valence-corrected chi connectivity index (χ4v) is 2.96. The lowest BCUT2D eigenvalue weighted by molar-refractivity contribution is 0.843. The molecule has 0 aliphatic carbocycles. The van der Waals surface area contributed by atoms with Crippen LogP contribution in [0.1, 0.15) is 5.56 Å². The van der Waals surface area contributed by atoms with Crippen LogP contribution in [0, 0.1) is 0 Å². The Morgan fingerprint density at radius 2 is 1.19 bits per heavy atom. The van der Waals surface area contributed by atoms with E-state index < -0.39 is 0 Å². The summed E-state index contributed by atoms with van der Waals surface area (Å²) in [5.74, 6) is 0. The highest BCUT2D eigenvalue weighted by Crippen LogP contribution is 2.24. The Kier molecular flexibility index (Phi) is 4.75. The number of pyridine rings is 1. The third kappa shape index (κ3) is 3.77. The van der Waals surface area contributed by atoms with Crippen molar-refractivity contribution in [2.24, 2.45) is 5.10 Å². The summed E-state index contributed by atoms with van der Waals surface area (Å²) < 4.78 is 1.45. The summed E-state index contributed by atoms with van der Waals surface area (Å²) in [6.07, 6.45) is 1.70. The van der Waals surface area contributed by atoms with Crippen molar-refractivity contribution in [3.05, 3.63) is 119 Å². The van der Waals surface area contributed by atoms with E-state index in [-0.39, 0.29) is 5.56 Å². The molecule has 0 aliphatic rings. The number of hydrogen-bond donors (Lipinski definition) is 0. The molecule has 3 aromatic carbocycles. The van der Waals surface area contributed by atoms with Crippen LogP contribution in [0.25, 0.3) is 22.4 Å². The fourth-order valence-electron chi connectivity index (χ4n) is 2.96. The summed E-state index contributed by atoms with van der Waals surface area (Å²) in [5, 5.41) is 4.47. The van der Waals surface area contributed by atoms with E-state index in [1.807, 2.05) is 97.1 Å². The second-order valence-electron chi connectivity index (χ2n) is 6.17. The molecule has 3 nitrogen and oxygen atoms in total. The van der Waals surface area contributed by atoms with Crippen LogP contribution in [0.3, 0.4) is 0 Å². The van der Waals surface area contributed by atoms with E-state index in [0.29, 0.717) is 0 Å². The van der Waals surface area contributed by atoms with Gasteiger partial charge in [0.2, 0.25) is 0 Å². The molecular weight excluding hydrogens is 332 g/mol. The molecule has 3 heteroatoms. The predicted octanol–water partition coefficient (Wildman–Crippen LogP) is 5.06. The minimum absolute atomic E-state index is 0.164. The Morgan fingerprint density at radius 1 is 0.630 bits per heavy atom. The highest BCUT2D eigenvalue weighted by atomic mass is 16.1. The van der Waals surface area contributed by atoms with Crippen LogP contribution < -0.4 is 5.56 Å². The van der Waals surface area contributed by atoms with Gasteiger partial charge in [0.05, 0.1) is 11.9 Å². The maximum atomic E-state index is 12.9. The SMILES string of the molecule is O=c1cc(-c2ccccc2)cc(-c2ccccc2)n1/N=C/c1ccccc1. The molecule has 0 radical (unpaired) electrons. The van der Waals surface area contributed by atoms with Crippen molar-refractivity contribution in [3.8, 4) is 22.4 Å². The molecule has 130 valence electrons. The summed E-state index contributed by atoms with van der Waals surface area (Å²) in [6, 6.07) is 33.1. The summed E-state index contributed by atoms with van der Waals surface area (Å²) in [4.78, 5) is 12.9. The second-order valence-corrected chi connectivity index (χ2v) is 6.17. The van der Waals surface area contributed by atoms with Gasteiger partial charge in [0, 0.05) is 11.6 Å². The Morgan fingerprint density at radius 3 is 1.81 bits per heavy atom. The average molecular weight is 350 g/mol. The lowest BCUT2D eigenvalue weighted by atomic mass is 10.0. The molecule has 0 N–H and O–H groups in total. The quantitative estimate of drug-likeness (QED) is 0.474. The maximum absolute atomic E-state index is 12.9. The van der Waals surface area contributed by atoms with Crippen LogP contribution in [0.5, 0.6) is 0 Å². The second kappa shape index (κ2) is 7.67. The van der Waals surface area contributed by atoms with Crippen molar-refractivity contribution in [2.75, 3.05) is 0 Å². The molecule has 0 saturated carbocycles. The van der Waals surface area contributed by atoms with Crippen LogP contribution in [0.4, 0.5) is 0 Å². The molecule has 0 saturated heterocycles. The molecular formula is C24H18N2O. The van der Waals surface area contributed by atoms with Gasteiger partial charge in [0.15, 0.2) is 0 Å². The van der Waals surface area contributed by atoms with E-state index in [1.54, 1.807) is 12.3 Å². The van der Waals surface area contributed by atoms with Gasteiger partial charge in [-0.2, -0.15) is 9.78 Å². The number of benzene rings is 3. The highest BCUT2D eigenvalue weighted by Gasteiger charge is 2.09. The first-order chi connectivity index (χ1) is 13.3. The van der Waals surface area contributed by atoms with Crippen molar-refractivity contribution in [2.45, 2.75) is 0 Å². The zero-order valence-corrected chi connectivity index (χ0v) is 14.7. The highest BCUT2D eigenvalue weighted by molar-refractivity contribution is 5.80. The van der Waals surface area contributed by atoms with Crippen LogP contribution >= 0.6 is 0 Å². The van der Waals surface area contributed by atoms with E-state index in [4.69, 9.17) is 0 Å². The molecule has 0 amide bonds. The number of aromatic nitrogens is 1. The molecule has 0 spiro atoms. The molecule has 0 unspecified atom stereocenters. The third-order valence-corrected chi connectivity index (χ3v) is 4.31. The van der Waals surface area contributed by atoms with Crippen molar-refractivity contribution in [1.29, 1.82) is 0 Å².